The van der Waals surface area contributed by atoms with Crippen molar-refractivity contribution in [3.05, 3.63) is 173 Å². The average Bonchev–Trinajstić information content (AvgIpc) is 3.86. The van der Waals surface area contributed by atoms with Crippen molar-refractivity contribution >= 4 is 51.9 Å². The molecular weight excluding hydrogens is 869 g/mol. The Labute approximate surface area is 415 Å². The monoisotopic (exact) mass is 934 g/mol. The number of hydrogen-bond donors (Lipinski definition) is 0. The van der Waals surface area contributed by atoms with Crippen LogP contribution in [-0.2, 0) is 12.8 Å². The second-order valence-electron chi connectivity index (χ2n) is 22.5. The van der Waals surface area contributed by atoms with Crippen molar-refractivity contribution < 1.29 is 13.6 Å². The lowest BCUT2D eigenvalue weighted by Crippen LogP contribution is -2.54. The van der Waals surface area contributed by atoms with Gasteiger partial charge >= 0.3 is 0 Å². The van der Waals surface area contributed by atoms with Gasteiger partial charge in [0, 0.05) is 44.6 Å². The summed E-state index contributed by atoms with van der Waals surface area (Å²) in [5, 5.41) is 14.2. The fourth-order valence-corrected chi connectivity index (χ4v) is 13.8. The summed E-state index contributed by atoms with van der Waals surface area (Å²) in [7, 11) is -1.80. The summed E-state index contributed by atoms with van der Waals surface area (Å²) in [6.07, 6.45) is 6.04. The van der Waals surface area contributed by atoms with E-state index in [0.717, 1.165) is 70.2 Å². The van der Waals surface area contributed by atoms with E-state index < -0.39 is 8.07 Å². The molecule has 2 atom stereocenters. The standard InChI is InChI=1S/C64H66N4OSi/c1-38(2)27-47-33-59-48-24-22-43(36-65)30-53(48)49-25-23-45-34-61-55(54-28-41(7)21-26-60(54)69-61)35-52(45)64-67(42(8)29-58(49)66(59)37-62(47)70(9,10)11)56-19-15-16-20-57(56)68(64)63-50(39(3)4)31-46(32-51(63)40(5)6)44-17-13-12-14-18-44/h12-22,24,26,28,30-35,37-40,49,58H,8,23,25,27,29H2,1-7,9-11H3/q+2. The molecule has 350 valence electrons. The molecule has 0 saturated carbocycles. The Hall–Kier alpha value is -6.81. The summed E-state index contributed by atoms with van der Waals surface area (Å²) in [5.41, 5.74) is 21.1. The van der Waals surface area contributed by atoms with Crippen LogP contribution in [0.25, 0.3) is 78.1 Å². The van der Waals surface area contributed by atoms with Gasteiger partial charge in [-0.05, 0) is 138 Å². The molecule has 9 aromatic rings. The maximum absolute atomic E-state index is 10.4. The molecule has 6 heteroatoms. The molecule has 0 bridgehead atoms. The molecule has 2 unspecified atom stereocenters. The predicted molar refractivity (Wildman–Crippen MR) is 293 cm³/mol. The van der Waals surface area contributed by atoms with Gasteiger partial charge in [0.15, 0.2) is 23.3 Å². The van der Waals surface area contributed by atoms with E-state index in [9.17, 15) is 5.26 Å². The topological polar surface area (TPSA) is 49.6 Å². The highest BCUT2D eigenvalue weighted by Gasteiger charge is 2.45. The quantitative estimate of drug-likeness (QED) is 0.118. The highest BCUT2D eigenvalue weighted by atomic mass is 28.3. The minimum absolute atomic E-state index is 0.0525. The van der Waals surface area contributed by atoms with Crippen molar-refractivity contribution in [2.24, 2.45) is 5.92 Å². The van der Waals surface area contributed by atoms with Gasteiger partial charge in [-0.3, -0.25) is 0 Å². The van der Waals surface area contributed by atoms with Gasteiger partial charge in [-0.25, -0.2) is 0 Å². The van der Waals surface area contributed by atoms with Gasteiger partial charge in [-0.15, -0.1) is 0 Å². The van der Waals surface area contributed by atoms with Crippen molar-refractivity contribution in [3.8, 4) is 45.5 Å². The lowest BCUT2D eigenvalue weighted by atomic mass is 9.76. The van der Waals surface area contributed by atoms with Crippen LogP contribution in [0.5, 0.6) is 0 Å². The molecule has 0 N–H and O–H groups in total. The molecule has 0 spiro atoms. The maximum Gasteiger partial charge on any atom is 0.300 e. The number of fused-ring (bicyclic) bond motifs is 14. The van der Waals surface area contributed by atoms with Gasteiger partial charge in [0.25, 0.3) is 5.82 Å². The number of nitrogens with zero attached hydrogens (tertiary/aromatic N) is 4. The van der Waals surface area contributed by atoms with Crippen LogP contribution in [0.1, 0.15) is 117 Å². The number of imidazole rings is 1. The van der Waals surface area contributed by atoms with E-state index in [1.54, 1.807) is 0 Å². The number of benzene rings is 6. The number of para-hydroxylation sites is 2. The number of aryl methyl sites for hydroxylation is 2. The average molecular weight is 935 g/mol. The van der Waals surface area contributed by atoms with Gasteiger partial charge < -0.3 is 4.42 Å². The van der Waals surface area contributed by atoms with Crippen LogP contribution >= 0.6 is 0 Å². The molecule has 5 nitrogen and oxygen atoms in total. The Bertz CT molecular complexity index is 3600. The second kappa shape index (κ2) is 17.2. The van der Waals surface area contributed by atoms with Crippen LogP contribution in [0.3, 0.4) is 0 Å². The Morgan fingerprint density at radius 1 is 0.771 bits per heavy atom. The molecule has 2 aliphatic heterocycles. The van der Waals surface area contributed by atoms with Crippen molar-refractivity contribution in [1.82, 2.24) is 4.57 Å². The van der Waals surface area contributed by atoms with Crippen LogP contribution in [0, 0.1) is 24.2 Å². The molecule has 5 heterocycles. The third-order valence-electron chi connectivity index (χ3n) is 15.4. The zero-order chi connectivity index (χ0) is 48.9. The van der Waals surface area contributed by atoms with E-state index in [1.165, 1.54) is 72.2 Å². The molecular formula is C64H66N4OSi+2. The number of hydrogen-bond acceptors (Lipinski definition) is 2. The van der Waals surface area contributed by atoms with Crippen LogP contribution in [-0.4, -0.2) is 12.6 Å². The normalized spacial score (nSPS) is 15.9. The molecule has 0 fully saturated rings. The van der Waals surface area contributed by atoms with E-state index in [1.807, 2.05) is 6.07 Å². The lowest BCUT2D eigenvalue weighted by molar-refractivity contribution is -0.716. The van der Waals surface area contributed by atoms with Gasteiger partial charge in [0.1, 0.15) is 22.6 Å². The maximum atomic E-state index is 10.4. The first kappa shape index (κ1) is 45.6. The Balaban J connectivity index is 1.25. The van der Waals surface area contributed by atoms with E-state index in [4.69, 9.17) is 11.0 Å². The first-order chi connectivity index (χ1) is 33.6. The number of aromatic nitrogens is 3. The summed E-state index contributed by atoms with van der Waals surface area (Å²) >= 11 is 0. The zero-order valence-corrected chi connectivity index (χ0v) is 43.7. The highest BCUT2D eigenvalue weighted by Crippen LogP contribution is 2.48. The predicted octanol–water partition coefficient (Wildman–Crippen LogP) is 15.4. The number of allylic oxidation sites excluding steroid dienone is 1. The molecule has 0 radical (unpaired) electrons. The van der Waals surface area contributed by atoms with E-state index >= 15 is 0 Å². The first-order valence-corrected chi connectivity index (χ1v) is 29.2. The minimum Gasteiger partial charge on any atom is -0.456 e. The minimum atomic E-state index is -1.80. The molecule has 0 amide bonds. The zero-order valence-electron chi connectivity index (χ0n) is 42.7. The molecule has 0 saturated heterocycles. The largest absolute Gasteiger partial charge is 0.456 e. The Morgan fingerprint density at radius 2 is 1.49 bits per heavy atom. The third kappa shape index (κ3) is 7.56. The third-order valence-corrected chi connectivity index (χ3v) is 17.5. The first-order valence-electron chi connectivity index (χ1n) is 25.7. The molecule has 3 aromatic heterocycles. The molecule has 11 rings (SSSR count). The number of rotatable bonds is 7. The van der Waals surface area contributed by atoms with Crippen LogP contribution < -0.4 is 14.3 Å². The summed E-state index contributed by atoms with van der Waals surface area (Å²) in [5.74, 6) is 2.24. The van der Waals surface area contributed by atoms with E-state index in [2.05, 4.69) is 209 Å². The van der Waals surface area contributed by atoms with Gasteiger partial charge in [-0.1, -0.05) is 122 Å². The Kier molecular flexibility index (Phi) is 11.2. The van der Waals surface area contributed by atoms with Gasteiger partial charge in [-0.2, -0.15) is 19.0 Å². The van der Waals surface area contributed by atoms with Crippen molar-refractivity contribution in [2.75, 3.05) is 0 Å². The van der Waals surface area contributed by atoms with Crippen LogP contribution in [0.4, 0.5) is 0 Å². The van der Waals surface area contributed by atoms with Crippen molar-refractivity contribution in [2.45, 2.75) is 118 Å². The Morgan fingerprint density at radius 3 is 2.19 bits per heavy atom. The number of pyridine rings is 1. The van der Waals surface area contributed by atoms with E-state index in [-0.39, 0.29) is 23.8 Å². The van der Waals surface area contributed by atoms with Crippen molar-refractivity contribution in [3.63, 3.8) is 0 Å². The molecule has 70 heavy (non-hydrogen) atoms. The lowest BCUT2D eigenvalue weighted by Gasteiger charge is -2.33. The summed E-state index contributed by atoms with van der Waals surface area (Å²) in [6.45, 7) is 28.9. The van der Waals surface area contributed by atoms with Crippen LogP contribution in [0.2, 0.25) is 19.6 Å². The highest BCUT2D eigenvalue weighted by molar-refractivity contribution is 6.89. The fraction of sp³-hybridized carbons (Fsp3) is 0.297. The number of furan rings is 1. The summed E-state index contributed by atoms with van der Waals surface area (Å²) in [6, 6.07) is 47.7. The van der Waals surface area contributed by atoms with Gasteiger partial charge in [0.05, 0.1) is 31.7 Å². The number of nitriles is 1. The smallest absolute Gasteiger partial charge is 0.300 e. The SMILES string of the molecule is C=C1CC2C(CCc3cc4oc5ccc(C)cc5c4cc3-c3n1c1ccccc1[n+]3-c1c(C(C)C)cc(-c3ccccc3)cc1C(C)C)c1cc(C#N)ccc1-c1cc(CC(C)C)c([Si](C)(C)C)c[n+]12. The summed E-state index contributed by atoms with van der Waals surface area (Å²) in [4.78, 5) is 0. The van der Waals surface area contributed by atoms with Crippen LogP contribution in [0.15, 0.2) is 139 Å². The van der Waals surface area contributed by atoms with Crippen molar-refractivity contribution in [1.29, 1.82) is 5.26 Å². The molecule has 0 aliphatic carbocycles. The summed E-state index contributed by atoms with van der Waals surface area (Å²) < 4.78 is 14.6. The van der Waals surface area contributed by atoms with Gasteiger partial charge in [0.2, 0.25) is 5.69 Å². The fourth-order valence-electron chi connectivity index (χ4n) is 12.2. The van der Waals surface area contributed by atoms with E-state index in [0.29, 0.717) is 11.5 Å². The second-order valence-corrected chi connectivity index (χ2v) is 27.6. The molecule has 6 aromatic carbocycles. The molecule has 2 aliphatic rings.